The van der Waals surface area contributed by atoms with Gasteiger partial charge in [-0.25, -0.2) is 0 Å². The van der Waals surface area contributed by atoms with Crippen LogP contribution in [0.5, 0.6) is 0 Å². The van der Waals surface area contributed by atoms with E-state index in [1.807, 2.05) is 6.29 Å². The zero-order valence-corrected chi connectivity index (χ0v) is 4.02. The van der Waals surface area contributed by atoms with Gasteiger partial charge in [0.2, 0.25) is 0 Å². The summed E-state index contributed by atoms with van der Waals surface area (Å²) in [4.78, 5) is 9.63. The van der Waals surface area contributed by atoms with E-state index < -0.39 is 0 Å². The summed E-state index contributed by atoms with van der Waals surface area (Å²) in [6, 6.07) is 0. The average molecular weight is 99.1 g/mol. The molecule has 2 heteroatoms. The summed E-state index contributed by atoms with van der Waals surface area (Å²) in [5.74, 6) is 0.484. The molecule has 0 atom stereocenters. The first-order valence-corrected chi connectivity index (χ1v) is 2.36. The second-order valence-corrected chi connectivity index (χ2v) is 1.75. The van der Waals surface area contributed by atoms with E-state index in [1.54, 1.807) is 0 Å². The maximum absolute atomic E-state index is 9.63. The lowest BCUT2D eigenvalue weighted by molar-refractivity contribution is -0.0280. The molecule has 0 N–H and O–H groups in total. The normalized spacial score (nSPS) is 21.1. The lowest BCUT2D eigenvalue weighted by Crippen LogP contribution is -2.27. The standard InChI is InChI=1S/C5H7O2/c6-2-1-5-3-7-4-5/h5H,1,3-4H2. The molecule has 39 valence electrons. The summed E-state index contributed by atoms with van der Waals surface area (Å²) in [5.41, 5.74) is 0. The molecule has 0 aliphatic carbocycles. The van der Waals surface area contributed by atoms with Crippen LogP contribution in [0.3, 0.4) is 0 Å². The third-order valence-electron chi connectivity index (χ3n) is 1.08. The van der Waals surface area contributed by atoms with Crippen LogP contribution >= 0.6 is 0 Å². The van der Waals surface area contributed by atoms with Crippen LogP contribution in [0.15, 0.2) is 0 Å². The highest BCUT2D eigenvalue weighted by Crippen LogP contribution is 2.11. The summed E-state index contributed by atoms with van der Waals surface area (Å²) < 4.78 is 4.81. The maximum Gasteiger partial charge on any atom is 0.198 e. The fourth-order valence-electron chi connectivity index (χ4n) is 0.520. The van der Waals surface area contributed by atoms with E-state index in [9.17, 15) is 4.79 Å². The van der Waals surface area contributed by atoms with Crippen molar-refractivity contribution < 1.29 is 9.53 Å². The van der Waals surface area contributed by atoms with E-state index in [2.05, 4.69) is 0 Å². The minimum Gasteiger partial charge on any atom is -0.381 e. The molecule has 1 heterocycles. The Morgan fingerprint density at radius 2 is 2.43 bits per heavy atom. The highest BCUT2D eigenvalue weighted by Gasteiger charge is 2.16. The van der Waals surface area contributed by atoms with Crippen molar-refractivity contribution in [1.29, 1.82) is 0 Å². The first-order valence-electron chi connectivity index (χ1n) is 2.36. The average Bonchev–Trinajstić information content (AvgIpc) is 1.55. The van der Waals surface area contributed by atoms with Crippen molar-refractivity contribution >= 4 is 6.29 Å². The van der Waals surface area contributed by atoms with E-state index in [0.29, 0.717) is 12.3 Å². The van der Waals surface area contributed by atoms with Gasteiger partial charge in [0, 0.05) is 12.3 Å². The Morgan fingerprint density at radius 1 is 1.71 bits per heavy atom. The van der Waals surface area contributed by atoms with E-state index in [0.717, 1.165) is 13.2 Å². The van der Waals surface area contributed by atoms with Gasteiger partial charge < -0.3 is 4.74 Å². The lowest BCUT2D eigenvalue weighted by atomic mass is 10.1. The lowest BCUT2D eigenvalue weighted by Gasteiger charge is -2.22. The Hall–Kier alpha value is -0.370. The van der Waals surface area contributed by atoms with Gasteiger partial charge in [-0.2, -0.15) is 0 Å². The predicted octanol–water partition coefficient (Wildman–Crippen LogP) is 0.133. The van der Waals surface area contributed by atoms with Gasteiger partial charge in [-0.3, -0.25) is 4.79 Å². The number of ether oxygens (including phenoxy) is 1. The van der Waals surface area contributed by atoms with E-state index >= 15 is 0 Å². The highest BCUT2D eigenvalue weighted by atomic mass is 16.5. The fourth-order valence-corrected chi connectivity index (χ4v) is 0.520. The Balaban J connectivity index is 2.03. The molecule has 1 radical (unpaired) electrons. The van der Waals surface area contributed by atoms with E-state index in [4.69, 9.17) is 4.74 Å². The molecule has 0 unspecified atom stereocenters. The molecular formula is C5H7O2. The van der Waals surface area contributed by atoms with Gasteiger partial charge in [-0.05, 0) is 0 Å². The highest BCUT2D eigenvalue weighted by molar-refractivity contribution is 5.50. The first kappa shape index (κ1) is 4.78. The number of hydrogen-bond donors (Lipinski definition) is 0. The second kappa shape index (κ2) is 2.07. The predicted molar refractivity (Wildman–Crippen MR) is 24.6 cm³/mol. The SMILES string of the molecule is O=[C]CC1COC1. The molecule has 7 heavy (non-hydrogen) atoms. The van der Waals surface area contributed by atoms with Crippen LogP contribution in [0.4, 0.5) is 0 Å². The van der Waals surface area contributed by atoms with Gasteiger partial charge in [0.15, 0.2) is 6.29 Å². The second-order valence-electron chi connectivity index (χ2n) is 1.75. The van der Waals surface area contributed by atoms with Crippen LogP contribution in [-0.2, 0) is 9.53 Å². The van der Waals surface area contributed by atoms with Crippen molar-refractivity contribution in [1.82, 2.24) is 0 Å². The van der Waals surface area contributed by atoms with Crippen LogP contribution < -0.4 is 0 Å². The van der Waals surface area contributed by atoms with Crippen LogP contribution in [0, 0.1) is 5.92 Å². The Kier molecular flexibility index (Phi) is 1.42. The molecule has 0 amide bonds. The van der Waals surface area contributed by atoms with Crippen molar-refractivity contribution in [3.63, 3.8) is 0 Å². The Bertz CT molecular complexity index is 66.5. The van der Waals surface area contributed by atoms with Crippen molar-refractivity contribution in [2.24, 2.45) is 5.92 Å². The molecule has 0 aromatic carbocycles. The quantitative estimate of drug-likeness (QED) is 0.492. The number of rotatable bonds is 2. The smallest absolute Gasteiger partial charge is 0.198 e. The van der Waals surface area contributed by atoms with Gasteiger partial charge in [0.05, 0.1) is 13.2 Å². The van der Waals surface area contributed by atoms with Gasteiger partial charge in [0.1, 0.15) is 0 Å². The third-order valence-corrected chi connectivity index (χ3v) is 1.08. The molecule has 0 spiro atoms. The van der Waals surface area contributed by atoms with Crippen LogP contribution in [-0.4, -0.2) is 19.5 Å². The zero-order chi connectivity index (χ0) is 5.11. The summed E-state index contributed by atoms with van der Waals surface area (Å²) in [6.45, 7) is 1.52. The maximum atomic E-state index is 9.63. The topological polar surface area (TPSA) is 26.3 Å². The summed E-state index contributed by atoms with van der Waals surface area (Å²) in [7, 11) is 0. The minimum absolute atomic E-state index is 0.484. The summed E-state index contributed by atoms with van der Waals surface area (Å²) in [6.07, 6.45) is 2.40. The molecule has 1 saturated heterocycles. The van der Waals surface area contributed by atoms with Crippen LogP contribution in [0.2, 0.25) is 0 Å². The Labute approximate surface area is 42.5 Å². The fraction of sp³-hybridized carbons (Fsp3) is 0.800. The largest absolute Gasteiger partial charge is 0.381 e. The molecule has 1 rings (SSSR count). The van der Waals surface area contributed by atoms with Crippen molar-refractivity contribution in [3.8, 4) is 0 Å². The van der Waals surface area contributed by atoms with Gasteiger partial charge in [0.25, 0.3) is 0 Å². The number of hydrogen-bond acceptors (Lipinski definition) is 2. The number of carbonyl (C=O) groups excluding carboxylic acids is 1. The van der Waals surface area contributed by atoms with Crippen molar-refractivity contribution in [2.75, 3.05) is 13.2 Å². The molecule has 2 nitrogen and oxygen atoms in total. The van der Waals surface area contributed by atoms with Gasteiger partial charge in [-0.15, -0.1) is 0 Å². The molecule has 1 aliphatic rings. The van der Waals surface area contributed by atoms with Gasteiger partial charge in [-0.1, -0.05) is 0 Å². The molecule has 1 fully saturated rings. The Morgan fingerprint density at radius 3 is 2.57 bits per heavy atom. The minimum atomic E-state index is 0.484. The zero-order valence-electron chi connectivity index (χ0n) is 4.02. The molecule has 0 saturated carbocycles. The molecule has 0 aromatic rings. The molecule has 1 aliphatic heterocycles. The molecule has 0 bridgehead atoms. The third kappa shape index (κ3) is 0.996. The van der Waals surface area contributed by atoms with Crippen LogP contribution in [0.1, 0.15) is 6.42 Å². The summed E-state index contributed by atoms with van der Waals surface area (Å²) >= 11 is 0. The van der Waals surface area contributed by atoms with Gasteiger partial charge >= 0.3 is 0 Å². The molecule has 0 aromatic heterocycles. The van der Waals surface area contributed by atoms with Crippen molar-refractivity contribution in [3.05, 3.63) is 0 Å². The monoisotopic (exact) mass is 99.0 g/mol. The van der Waals surface area contributed by atoms with E-state index in [1.165, 1.54) is 0 Å². The van der Waals surface area contributed by atoms with Crippen molar-refractivity contribution in [2.45, 2.75) is 6.42 Å². The van der Waals surface area contributed by atoms with Crippen LogP contribution in [0.25, 0.3) is 0 Å². The first-order chi connectivity index (χ1) is 3.43. The molecular weight excluding hydrogens is 92.1 g/mol. The summed E-state index contributed by atoms with van der Waals surface area (Å²) in [5, 5.41) is 0. The van der Waals surface area contributed by atoms with E-state index in [-0.39, 0.29) is 0 Å².